The molecule has 3 heteroatoms. The third-order valence-corrected chi connectivity index (χ3v) is 2.29. The first kappa shape index (κ1) is 12.0. The molecule has 0 bridgehead atoms. The van der Waals surface area contributed by atoms with Gasteiger partial charge in [0.1, 0.15) is 0 Å². The molecule has 0 aliphatic carbocycles. The van der Waals surface area contributed by atoms with E-state index in [1.165, 1.54) is 6.20 Å². The van der Waals surface area contributed by atoms with E-state index in [-0.39, 0.29) is 16.5 Å². The van der Waals surface area contributed by atoms with Crippen molar-refractivity contribution >= 4 is 0 Å². The molecular weight excluding hydrogens is 188 g/mol. The SMILES string of the molecule is CC(C)(C)c1cn(C(C)(C)C)c(=O)cn1. The number of nitrogens with zero attached hydrogens (tertiary/aromatic N) is 2. The highest BCUT2D eigenvalue weighted by Crippen LogP contribution is 2.20. The topological polar surface area (TPSA) is 34.9 Å². The Hall–Kier alpha value is -1.12. The second-order valence-electron chi connectivity index (χ2n) is 5.90. The van der Waals surface area contributed by atoms with Gasteiger partial charge in [-0.2, -0.15) is 0 Å². The standard InChI is InChI=1S/C12H20N2O/c1-11(2,3)9-8-14(12(4,5)6)10(15)7-13-9/h7-8H,1-6H3. The zero-order valence-electron chi connectivity index (χ0n) is 10.5. The molecule has 0 N–H and O–H groups in total. The van der Waals surface area contributed by atoms with Crippen molar-refractivity contribution in [2.45, 2.75) is 52.5 Å². The van der Waals surface area contributed by atoms with Crippen LogP contribution < -0.4 is 5.56 Å². The highest BCUT2D eigenvalue weighted by atomic mass is 16.1. The largest absolute Gasteiger partial charge is 0.307 e. The van der Waals surface area contributed by atoms with Crippen molar-refractivity contribution in [1.82, 2.24) is 9.55 Å². The summed E-state index contributed by atoms with van der Waals surface area (Å²) >= 11 is 0. The summed E-state index contributed by atoms with van der Waals surface area (Å²) in [7, 11) is 0. The Morgan fingerprint density at radius 3 is 2.07 bits per heavy atom. The number of rotatable bonds is 0. The van der Waals surface area contributed by atoms with Gasteiger partial charge in [-0.05, 0) is 20.8 Å². The second-order valence-corrected chi connectivity index (χ2v) is 5.90. The van der Waals surface area contributed by atoms with E-state index in [9.17, 15) is 4.79 Å². The Kier molecular flexibility index (Phi) is 2.77. The lowest BCUT2D eigenvalue weighted by Crippen LogP contribution is -2.35. The summed E-state index contributed by atoms with van der Waals surface area (Å²) in [6.07, 6.45) is 3.27. The summed E-state index contributed by atoms with van der Waals surface area (Å²) in [5, 5.41) is 0. The van der Waals surface area contributed by atoms with Gasteiger partial charge in [-0.1, -0.05) is 20.8 Å². The van der Waals surface area contributed by atoms with Gasteiger partial charge in [-0.25, -0.2) is 0 Å². The first-order valence-corrected chi connectivity index (χ1v) is 5.22. The third-order valence-electron chi connectivity index (χ3n) is 2.29. The molecule has 0 unspecified atom stereocenters. The van der Waals surface area contributed by atoms with E-state index in [4.69, 9.17) is 0 Å². The molecule has 1 aromatic heterocycles. The average molecular weight is 208 g/mol. The van der Waals surface area contributed by atoms with Gasteiger partial charge in [0.15, 0.2) is 0 Å². The minimum atomic E-state index is -0.194. The van der Waals surface area contributed by atoms with Crippen LogP contribution in [0.1, 0.15) is 47.2 Å². The molecule has 0 spiro atoms. The van der Waals surface area contributed by atoms with Crippen LogP contribution in [0.4, 0.5) is 0 Å². The molecule has 0 saturated heterocycles. The molecule has 0 aromatic carbocycles. The summed E-state index contributed by atoms with van der Waals surface area (Å²) in [5.41, 5.74) is 0.674. The van der Waals surface area contributed by atoms with E-state index in [1.54, 1.807) is 4.57 Å². The highest BCUT2D eigenvalue weighted by Gasteiger charge is 2.20. The van der Waals surface area contributed by atoms with E-state index in [0.29, 0.717) is 0 Å². The molecule has 0 atom stereocenters. The van der Waals surface area contributed by atoms with Gasteiger partial charge in [-0.3, -0.25) is 9.78 Å². The zero-order valence-corrected chi connectivity index (χ0v) is 10.5. The van der Waals surface area contributed by atoms with Gasteiger partial charge in [0.2, 0.25) is 0 Å². The molecule has 15 heavy (non-hydrogen) atoms. The van der Waals surface area contributed by atoms with Crippen molar-refractivity contribution in [2.24, 2.45) is 0 Å². The third kappa shape index (κ3) is 2.67. The fraction of sp³-hybridized carbons (Fsp3) is 0.667. The van der Waals surface area contributed by atoms with E-state index in [0.717, 1.165) is 5.69 Å². The summed E-state index contributed by atoms with van der Waals surface area (Å²) in [5.74, 6) is 0. The van der Waals surface area contributed by atoms with Crippen molar-refractivity contribution in [1.29, 1.82) is 0 Å². The molecule has 0 aliphatic heterocycles. The van der Waals surface area contributed by atoms with Crippen LogP contribution in [0.25, 0.3) is 0 Å². The van der Waals surface area contributed by atoms with Crippen LogP contribution in [-0.2, 0) is 11.0 Å². The van der Waals surface area contributed by atoms with Crippen molar-refractivity contribution in [3.05, 3.63) is 28.4 Å². The lowest BCUT2D eigenvalue weighted by atomic mass is 9.92. The van der Waals surface area contributed by atoms with Crippen LogP contribution in [0.15, 0.2) is 17.2 Å². The monoisotopic (exact) mass is 208 g/mol. The quantitative estimate of drug-likeness (QED) is 0.655. The van der Waals surface area contributed by atoms with Crippen LogP contribution in [-0.4, -0.2) is 9.55 Å². The van der Waals surface area contributed by atoms with Gasteiger partial charge in [0.25, 0.3) is 5.56 Å². The predicted molar refractivity (Wildman–Crippen MR) is 62.2 cm³/mol. The van der Waals surface area contributed by atoms with E-state index in [1.807, 2.05) is 27.0 Å². The lowest BCUT2D eigenvalue weighted by Gasteiger charge is -2.25. The van der Waals surface area contributed by atoms with Gasteiger partial charge in [-0.15, -0.1) is 0 Å². The Labute approximate surface area is 91.2 Å². The first-order chi connectivity index (χ1) is 6.62. The van der Waals surface area contributed by atoms with Gasteiger partial charge >= 0.3 is 0 Å². The molecule has 0 amide bonds. The van der Waals surface area contributed by atoms with E-state index in [2.05, 4.69) is 25.8 Å². The molecule has 1 rings (SSSR count). The molecule has 0 fully saturated rings. The summed E-state index contributed by atoms with van der Waals surface area (Å²) in [6, 6.07) is 0. The van der Waals surface area contributed by atoms with Crippen molar-refractivity contribution in [2.75, 3.05) is 0 Å². The Balaban J connectivity index is 3.37. The second kappa shape index (κ2) is 3.47. The van der Waals surface area contributed by atoms with Crippen molar-refractivity contribution < 1.29 is 0 Å². The maximum Gasteiger partial charge on any atom is 0.269 e. The molecule has 0 radical (unpaired) electrons. The maximum atomic E-state index is 11.6. The van der Waals surface area contributed by atoms with Crippen LogP contribution in [0.3, 0.4) is 0 Å². The van der Waals surface area contributed by atoms with E-state index >= 15 is 0 Å². The number of aromatic nitrogens is 2. The highest BCUT2D eigenvalue weighted by molar-refractivity contribution is 5.09. The van der Waals surface area contributed by atoms with Crippen LogP contribution in [0.2, 0.25) is 0 Å². The predicted octanol–water partition coefficient (Wildman–Crippen LogP) is 2.30. The number of hydrogen-bond donors (Lipinski definition) is 0. The summed E-state index contributed by atoms with van der Waals surface area (Å²) < 4.78 is 1.74. The Bertz CT molecular complexity index is 405. The lowest BCUT2D eigenvalue weighted by molar-refractivity contribution is 0.375. The summed E-state index contributed by atoms with van der Waals surface area (Å²) in [4.78, 5) is 15.8. The average Bonchev–Trinajstić information content (AvgIpc) is 2.00. The molecular formula is C12H20N2O. The smallest absolute Gasteiger partial charge is 0.269 e. The molecule has 1 heterocycles. The van der Waals surface area contributed by atoms with Crippen molar-refractivity contribution in [3.63, 3.8) is 0 Å². The first-order valence-electron chi connectivity index (χ1n) is 5.22. The molecule has 0 aliphatic rings. The molecule has 84 valence electrons. The fourth-order valence-corrected chi connectivity index (χ4v) is 1.32. The van der Waals surface area contributed by atoms with Crippen LogP contribution >= 0.6 is 0 Å². The number of hydrogen-bond acceptors (Lipinski definition) is 2. The van der Waals surface area contributed by atoms with Gasteiger partial charge < -0.3 is 4.57 Å². The molecule has 1 aromatic rings. The zero-order chi connectivity index (χ0) is 11.9. The van der Waals surface area contributed by atoms with Crippen LogP contribution in [0.5, 0.6) is 0 Å². The Morgan fingerprint density at radius 1 is 1.13 bits per heavy atom. The minimum Gasteiger partial charge on any atom is -0.307 e. The molecule has 0 saturated carbocycles. The fourth-order valence-electron chi connectivity index (χ4n) is 1.32. The summed E-state index contributed by atoms with van der Waals surface area (Å²) in [6.45, 7) is 12.3. The van der Waals surface area contributed by atoms with E-state index < -0.39 is 0 Å². The normalized spacial score (nSPS) is 12.9. The maximum absolute atomic E-state index is 11.6. The van der Waals surface area contributed by atoms with Gasteiger partial charge in [0.05, 0.1) is 11.9 Å². The van der Waals surface area contributed by atoms with Crippen molar-refractivity contribution in [3.8, 4) is 0 Å². The minimum absolute atomic E-state index is 0.0271. The van der Waals surface area contributed by atoms with Crippen LogP contribution in [0, 0.1) is 0 Å². The van der Waals surface area contributed by atoms with Gasteiger partial charge in [0, 0.05) is 17.2 Å². The Morgan fingerprint density at radius 2 is 1.67 bits per heavy atom. The molecule has 3 nitrogen and oxygen atoms in total.